The Labute approximate surface area is 139 Å². The van der Waals surface area contributed by atoms with Gasteiger partial charge in [0.2, 0.25) is 0 Å². The van der Waals surface area contributed by atoms with E-state index in [4.69, 9.17) is 11.6 Å². The molecule has 23 heavy (non-hydrogen) atoms. The minimum Gasteiger partial charge on any atom is -0.345 e. The first kappa shape index (κ1) is 17.0. The Morgan fingerprint density at radius 3 is 2.48 bits per heavy atom. The van der Waals surface area contributed by atoms with Gasteiger partial charge in [-0.25, -0.2) is 0 Å². The monoisotopic (exact) mass is 332 g/mol. The minimum absolute atomic E-state index is 0.0421. The van der Waals surface area contributed by atoms with Crippen LogP contribution in [0.2, 0.25) is 5.02 Å². The average Bonchev–Trinajstić information content (AvgIpc) is 2.54. The van der Waals surface area contributed by atoms with E-state index in [1.54, 1.807) is 0 Å². The van der Waals surface area contributed by atoms with Crippen molar-refractivity contribution in [2.24, 2.45) is 0 Å². The summed E-state index contributed by atoms with van der Waals surface area (Å²) in [5.74, 6) is -0.522. The lowest BCUT2D eigenvalue weighted by Gasteiger charge is -2.15. The van der Waals surface area contributed by atoms with Crippen LogP contribution in [0.1, 0.15) is 41.4 Å². The Balaban J connectivity index is 2.21. The molecule has 1 unspecified atom stereocenters. The summed E-state index contributed by atoms with van der Waals surface area (Å²) in [6.07, 6.45) is 0.940. The van der Waals surface area contributed by atoms with Crippen molar-refractivity contribution in [1.82, 2.24) is 5.32 Å². The van der Waals surface area contributed by atoms with Crippen LogP contribution < -0.4 is 5.32 Å². The van der Waals surface area contributed by atoms with Gasteiger partial charge in [0.15, 0.2) is 0 Å². The van der Waals surface area contributed by atoms with Gasteiger partial charge in [-0.2, -0.15) is 0 Å². The van der Waals surface area contributed by atoms with Crippen molar-refractivity contribution in [2.75, 3.05) is 0 Å². The number of benzene rings is 2. The summed E-state index contributed by atoms with van der Waals surface area (Å²) in [5, 5.41) is 14.1. The molecule has 1 atom stereocenters. The number of halogens is 1. The highest BCUT2D eigenvalue weighted by atomic mass is 35.5. The van der Waals surface area contributed by atoms with E-state index in [1.165, 1.54) is 23.8 Å². The highest BCUT2D eigenvalue weighted by Crippen LogP contribution is 2.23. The van der Waals surface area contributed by atoms with E-state index in [1.807, 2.05) is 31.2 Å². The molecule has 5 nitrogen and oxygen atoms in total. The van der Waals surface area contributed by atoms with Crippen LogP contribution in [0, 0.1) is 10.1 Å². The third-order valence-electron chi connectivity index (χ3n) is 3.64. The van der Waals surface area contributed by atoms with E-state index in [0.717, 1.165) is 12.0 Å². The maximum absolute atomic E-state index is 12.4. The van der Waals surface area contributed by atoms with Gasteiger partial charge in [-0.05, 0) is 36.6 Å². The van der Waals surface area contributed by atoms with Crippen LogP contribution in [0.4, 0.5) is 5.69 Å². The number of nitro groups is 1. The van der Waals surface area contributed by atoms with Gasteiger partial charge in [0.1, 0.15) is 5.56 Å². The summed E-state index contributed by atoms with van der Waals surface area (Å²) in [5.41, 5.74) is 1.83. The maximum atomic E-state index is 12.4. The van der Waals surface area contributed by atoms with E-state index >= 15 is 0 Å². The molecule has 0 radical (unpaired) electrons. The lowest BCUT2D eigenvalue weighted by atomic mass is 10.0. The number of aryl methyl sites for hydroxylation is 1. The number of nitrogens with zero attached hydrogens (tertiary/aromatic N) is 1. The molecule has 2 aromatic carbocycles. The van der Waals surface area contributed by atoms with E-state index < -0.39 is 10.8 Å². The van der Waals surface area contributed by atoms with Gasteiger partial charge in [-0.15, -0.1) is 0 Å². The number of nitrogens with one attached hydrogen (secondary N) is 1. The molecule has 1 N–H and O–H groups in total. The molecule has 0 aliphatic carbocycles. The van der Waals surface area contributed by atoms with Crippen LogP contribution in [0.15, 0.2) is 42.5 Å². The molecule has 0 spiro atoms. The Morgan fingerprint density at radius 1 is 1.26 bits per heavy atom. The second-order valence-electron chi connectivity index (χ2n) is 5.21. The highest BCUT2D eigenvalue weighted by molar-refractivity contribution is 6.31. The molecule has 0 saturated carbocycles. The molecule has 0 heterocycles. The zero-order valence-electron chi connectivity index (χ0n) is 12.9. The van der Waals surface area contributed by atoms with Crippen molar-refractivity contribution in [2.45, 2.75) is 26.3 Å². The van der Waals surface area contributed by atoms with Gasteiger partial charge in [-0.3, -0.25) is 14.9 Å². The van der Waals surface area contributed by atoms with Gasteiger partial charge in [0.05, 0.1) is 11.0 Å². The van der Waals surface area contributed by atoms with E-state index in [9.17, 15) is 14.9 Å². The predicted octanol–water partition coefficient (Wildman–Crippen LogP) is 4.30. The largest absolute Gasteiger partial charge is 0.345 e. The zero-order chi connectivity index (χ0) is 17.0. The molecular formula is C17H17ClN2O3. The minimum atomic E-state index is -0.591. The first-order chi connectivity index (χ1) is 10.9. The molecular weight excluding hydrogens is 316 g/mol. The predicted molar refractivity (Wildman–Crippen MR) is 89.8 cm³/mol. The first-order valence-corrected chi connectivity index (χ1v) is 7.63. The van der Waals surface area contributed by atoms with Crippen molar-refractivity contribution in [3.8, 4) is 0 Å². The van der Waals surface area contributed by atoms with Gasteiger partial charge < -0.3 is 5.32 Å². The van der Waals surface area contributed by atoms with Crippen LogP contribution in [-0.2, 0) is 6.42 Å². The number of amides is 1. The van der Waals surface area contributed by atoms with Gasteiger partial charge in [0, 0.05) is 11.1 Å². The molecule has 1 amide bonds. The van der Waals surface area contributed by atoms with E-state index in [0.29, 0.717) is 0 Å². The quantitative estimate of drug-likeness (QED) is 0.655. The number of rotatable bonds is 5. The van der Waals surface area contributed by atoms with E-state index in [2.05, 4.69) is 12.2 Å². The molecule has 0 aliphatic rings. The smallest absolute Gasteiger partial charge is 0.282 e. The second kappa shape index (κ2) is 7.24. The molecule has 0 fully saturated rings. The summed E-state index contributed by atoms with van der Waals surface area (Å²) >= 11 is 5.85. The van der Waals surface area contributed by atoms with Crippen molar-refractivity contribution >= 4 is 23.2 Å². The van der Waals surface area contributed by atoms with Crippen LogP contribution in [0.25, 0.3) is 0 Å². The molecule has 0 aromatic heterocycles. The van der Waals surface area contributed by atoms with Gasteiger partial charge in [0.25, 0.3) is 11.6 Å². The van der Waals surface area contributed by atoms with E-state index in [-0.39, 0.29) is 22.3 Å². The fourth-order valence-corrected chi connectivity index (χ4v) is 2.42. The van der Waals surface area contributed by atoms with Crippen molar-refractivity contribution < 1.29 is 9.72 Å². The summed E-state index contributed by atoms with van der Waals surface area (Å²) in [6.45, 7) is 3.90. The lowest BCUT2D eigenvalue weighted by Crippen LogP contribution is -2.27. The summed E-state index contributed by atoms with van der Waals surface area (Å²) in [6, 6.07) is 11.5. The fraction of sp³-hybridized carbons (Fsp3) is 0.235. The second-order valence-corrected chi connectivity index (χ2v) is 5.65. The molecule has 120 valence electrons. The molecule has 2 aromatic rings. The van der Waals surface area contributed by atoms with Crippen LogP contribution in [0.3, 0.4) is 0 Å². The van der Waals surface area contributed by atoms with Crippen LogP contribution in [0.5, 0.6) is 0 Å². The van der Waals surface area contributed by atoms with Crippen LogP contribution >= 0.6 is 11.6 Å². The lowest BCUT2D eigenvalue weighted by molar-refractivity contribution is -0.385. The third-order valence-corrected chi connectivity index (χ3v) is 3.87. The van der Waals surface area contributed by atoms with Gasteiger partial charge in [-0.1, -0.05) is 42.8 Å². The SMILES string of the molecule is CCc1ccc(C(C)NC(=O)c2cc(Cl)ccc2[N+](=O)[O-])cc1. The standard InChI is InChI=1S/C17H17ClN2O3/c1-3-12-4-6-13(7-5-12)11(2)19-17(21)15-10-14(18)8-9-16(15)20(22)23/h4-11H,3H2,1-2H3,(H,19,21). The van der Waals surface area contributed by atoms with Crippen molar-refractivity contribution in [3.05, 3.63) is 74.3 Å². The molecule has 0 saturated heterocycles. The Hall–Kier alpha value is -2.40. The number of nitro benzene ring substituents is 1. The molecule has 6 heteroatoms. The van der Waals surface area contributed by atoms with Gasteiger partial charge >= 0.3 is 0 Å². The number of hydrogen-bond acceptors (Lipinski definition) is 3. The third kappa shape index (κ3) is 4.07. The van der Waals surface area contributed by atoms with Crippen molar-refractivity contribution in [3.63, 3.8) is 0 Å². The number of carbonyl (C=O) groups excluding carboxylic acids is 1. The molecule has 0 aliphatic heterocycles. The molecule has 0 bridgehead atoms. The summed E-state index contributed by atoms with van der Waals surface area (Å²) in [7, 11) is 0. The summed E-state index contributed by atoms with van der Waals surface area (Å²) in [4.78, 5) is 22.8. The van der Waals surface area contributed by atoms with Crippen LogP contribution in [-0.4, -0.2) is 10.8 Å². The average molecular weight is 333 g/mol. The highest BCUT2D eigenvalue weighted by Gasteiger charge is 2.22. The first-order valence-electron chi connectivity index (χ1n) is 7.26. The normalized spacial score (nSPS) is 11.8. The van der Waals surface area contributed by atoms with Crippen molar-refractivity contribution in [1.29, 1.82) is 0 Å². The maximum Gasteiger partial charge on any atom is 0.282 e. The molecule has 2 rings (SSSR count). The number of carbonyl (C=O) groups is 1. The Morgan fingerprint density at radius 2 is 1.91 bits per heavy atom. The topological polar surface area (TPSA) is 72.2 Å². The Bertz CT molecular complexity index is 729. The zero-order valence-corrected chi connectivity index (χ0v) is 13.6. The fourth-order valence-electron chi connectivity index (χ4n) is 2.25. The number of hydrogen-bond donors (Lipinski definition) is 1. The summed E-state index contributed by atoms with van der Waals surface area (Å²) < 4.78 is 0. The Kier molecular flexibility index (Phi) is 5.34.